The van der Waals surface area contributed by atoms with E-state index in [1.807, 2.05) is 0 Å². The zero-order valence-corrected chi connectivity index (χ0v) is 12.5. The Balaban J connectivity index is 2.08. The van der Waals surface area contributed by atoms with Crippen molar-refractivity contribution in [2.24, 2.45) is 5.92 Å². The monoisotopic (exact) mass is 314 g/mol. The zero-order chi connectivity index (χ0) is 15.0. The van der Waals surface area contributed by atoms with Crippen LogP contribution >= 0.6 is 11.6 Å². The van der Waals surface area contributed by atoms with Crippen molar-refractivity contribution >= 4 is 22.6 Å². The van der Waals surface area contributed by atoms with Crippen LogP contribution in [0, 0.1) is 17.6 Å². The van der Waals surface area contributed by atoms with Crippen molar-refractivity contribution in [3.63, 3.8) is 0 Å². The Morgan fingerprint density at radius 2 is 2.10 bits per heavy atom. The van der Waals surface area contributed by atoms with Gasteiger partial charge in [-0.15, -0.1) is 11.6 Å². The van der Waals surface area contributed by atoms with Gasteiger partial charge in [0.1, 0.15) is 11.3 Å². The molecule has 0 aliphatic carbocycles. The van der Waals surface area contributed by atoms with Crippen LogP contribution in [0.15, 0.2) is 12.1 Å². The molecule has 0 spiro atoms. The minimum Gasteiger partial charge on any atom is -0.381 e. The van der Waals surface area contributed by atoms with Crippen molar-refractivity contribution in [3.05, 3.63) is 29.6 Å². The number of aromatic nitrogens is 2. The minimum atomic E-state index is -0.857. The van der Waals surface area contributed by atoms with Crippen molar-refractivity contribution < 1.29 is 13.5 Å². The van der Waals surface area contributed by atoms with Gasteiger partial charge in [0.15, 0.2) is 11.6 Å². The van der Waals surface area contributed by atoms with Gasteiger partial charge in [-0.05, 0) is 37.8 Å². The average Bonchev–Trinajstić information content (AvgIpc) is 2.84. The first kappa shape index (κ1) is 14.7. The number of ether oxygens (including phenoxy) is 1. The SMILES string of the molecule is CC(Cl)c1nc2ccc(F)c(F)c2n1CC1CCOCC1. The Bertz CT molecular complexity index is 651. The number of halogens is 3. The van der Waals surface area contributed by atoms with Crippen molar-refractivity contribution in [1.82, 2.24) is 9.55 Å². The van der Waals surface area contributed by atoms with Crippen LogP contribution in [0.5, 0.6) is 0 Å². The highest BCUT2D eigenvalue weighted by Crippen LogP contribution is 2.29. The molecule has 2 heterocycles. The Morgan fingerprint density at radius 1 is 1.38 bits per heavy atom. The van der Waals surface area contributed by atoms with Crippen LogP contribution in [0.1, 0.15) is 31.0 Å². The van der Waals surface area contributed by atoms with Crippen molar-refractivity contribution in [2.45, 2.75) is 31.7 Å². The van der Waals surface area contributed by atoms with Gasteiger partial charge in [0.2, 0.25) is 0 Å². The Kier molecular flexibility index (Phi) is 4.13. The molecule has 0 N–H and O–H groups in total. The van der Waals surface area contributed by atoms with Gasteiger partial charge in [0.05, 0.1) is 10.9 Å². The predicted molar refractivity (Wildman–Crippen MR) is 77.5 cm³/mol. The second-order valence-corrected chi connectivity index (χ2v) is 6.14. The number of rotatable bonds is 3. The third kappa shape index (κ3) is 2.77. The summed E-state index contributed by atoms with van der Waals surface area (Å²) in [6.45, 7) is 3.80. The molecule has 0 bridgehead atoms. The lowest BCUT2D eigenvalue weighted by atomic mass is 10.00. The van der Waals surface area contributed by atoms with E-state index in [1.165, 1.54) is 6.07 Å². The molecule has 1 aromatic heterocycles. The van der Waals surface area contributed by atoms with Gasteiger partial charge in [-0.2, -0.15) is 0 Å². The molecule has 3 rings (SSSR count). The summed E-state index contributed by atoms with van der Waals surface area (Å²) in [6.07, 6.45) is 1.82. The Hall–Kier alpha value is -1.20. The van der Waals surface area contributed by atoms with Gasteiger partial charge < -0.3 is 9.30 Å². The Morgan fingerprint density at radius 3 is 2.76 bits per heavy atom. The number of imidazole rings is 1. The van der Waals surface area contributed by atoms with Crippen LogP contribution in [0.2, 0.25) is 0 Å². The Labute approximate surface area is 126 Å². The standard InChI is InChI=1S/C15H17ClF2N2O/c1-9(16)15-19-12-3-2-11(17)13(18)14(12)20(15)8-10-4-6-21-7-5-10/h2-3,9-10H,4-8H2,1H3. The van der Waals surface area contributed by atoms with Crippen molar-refractivity contribution in [1.29, 1.82) is 0 Å². The van der Waals surface area contributed by atoms with E-state index in [4.69, 9.17) is 16.3 Å². The van der Waals surface area contributed by atoms with Crippen LogP contribution in [0.3, 0.4) is 0 Å². The molecule has 2 aromatic rings. The van der Waals surface area contributed by atoms with E-state index in [0.717, 1.165) is 18.9 Å². The van der Waals surface area contributed by atoms with E-state index >= 15 is 0 Å². The summed E-state index contributed by atoms with van der Waals surface area (Å²) in [7, 11) is 0. The molecular weight excluding hydrogens is 298 g/mol. The van der Waals surface area contributed by atoms with Crippen molar-refractivity contribution in [2.75, 3.05) is 13.2 Å². The summed E-state index contributed by atoms with van der Waals surface area (Å²) in [5, 5.41) is -0.361. The second kappa shape index (κ2) is 5.89. The summed E-state index contributed by atoms with van der Waals surface area (Å²) < 4.78 is 34.8. The fourth-order valence-electron chi connectivity index (χ4n) is 2.85. The molecule has 1 aromatic carbocycles. The largest absolute Gasteiger partial charge is 0.381 e. The molecule has 1 atom stereocenters. The molecule has 114 valence electrons. The summed E-state index contributed by atoms with van der Waals surface area (Å²) >= 11 is 6.17. The number of benzene rings is 1. The topological polar surface area (TPSA) is 27.1 Å². The maximum Gasteiger partial charge on any atom is 0.184 e. The molecule has 0 radical (unpaired) electrons. The molecule has 6 heteroatoms. The second-order valence-electron chi connectivity index (χ2n) is 5.48. The van der Waals surface area contributed by atoms with E-state index in [0.29, 0.717) is 37.0 Å². The third-order valence-electron chi connectivity index (χ3n) is 3.97. The normalized spacial score (nSPS) is 18.3. The fourth-order valence-corrected chi connectivity index (χ4v) is 3.02. The first-order chi connectivity index (χ1) is 10.1. The molecular formula is C15H17ClF2N2O. The van der Waals surface area contributed by atoms with Gasteiger partial charge in [-0.25, -0.2) is 13.8 Å². The number of nitrogens with zero attached hydrogens (tertiary/aromatic N) is 2. The highest BCUT2D eigenvalue weighted by Gasteiger charge is 2.23. The summed E-state index contributed by atoms with van der Waals surface area (Å²) in [4.78, 5) is 4.37. The smallest absolute Gasteiger partial charge is 0.184 e. The summed E-state index contributed by atoms with van der Waals surface area (Å²) in [5.74, 6) is -0.754. The average molecular weight is 315 g/mol. The van der Waals surface area contributed by atoms with Gasteiger partial charge in [-0.3, -0.25) is 0 Å². The van der Waals surface area contributed by atoms with Crippen LogP contribution in [0.25, 0.3) is 11.0 Å². The molecule has 1 unspecified atom stereocenters. The maximum absolute atomic E-state index is 14.2. The highest BCUT2D eigenvalue weighted by molar-refractivity contribution is 6.20. The minimum absolute atomic E-state index is 0.212. The van der Waals surface area contributed by atoms with Crippen LogP contribution in [-0.2, 0) is 11.3 Å². The molecule has 3 nitrogen and oxygen atoms in total. The summed E-state index contributed by atoms with van der Waals surface area (Å²) in [6, 6.07) is 2.60. The summed E-state index contributed by atoms with van der Waals surface area (Å²) in [5.41, 5.74) is 0.660. The fraction of sp³-hybridized carbons (Fsp3) is 0.533. The lowest BCUT2D eigenvalue weighted by molar-refractivity contribution is 0.0613. The molecule has 1 saturated heterocycles. The first-order valence-corrected chi connectivity index (χ1v) is 7.57. The quantitative estimate of drug-likeness (QED) is 0.799. The van der Waals surface area contributed by atoms with Gasteiger partial charge in [0, 0.05) is 19.8 Å². The van der Waals surface area contributed by atoms with Crippen LogP contribution in [-0.4, -0.2) is 22.8 Å². The van der Waals surface area contributed by atoms with E-state index in [1.54, 1.807) is 11.5 Å². The number of fused-ring (bicyclic) bond motifs is 1. The zero-order valence-electron chi connectivity index (χ0n) is 11.8. The van der Waals surface area contributed by atoms with Crippen LogP contribution < -0.4 is 0 Å². The molecule has 1 aliphatic heterocycles. The lowest BCUT2D eigenvalue weighted by Crippen LogP contribution is -2.21. The number of hydrogen-bond acceptors (Lipinski definition) is 2. The van der Waals surface area contributed by atoms with E-state index in [2.05, 4.69) is 4.98 Å². The van der Waals surface area contributed by atoms with Crippen LogP contribution in [0.4, 0.5) is 8.78 Å². The molecule has 0 amide bonds. The van der Waals surface area contributed by atoms with Gasteiger partial charge in [-0.1, -0.05) is 0 Å². The van der Waals surface area contributed by atoms with E-state index < -0.39 is 11.6 Å². The van der Waals surface area contributed by atoms with E-state index in [-0.39, 0.29) is 10.9 Å². The molecule has 0 saturated carbocycles. The molecule has 21 heavy (non-hydrogen) atoms. The molecule has 1 aliphatic rings. The number of alkyl halides is 1. The maximum atomic E-state index is 14.2. The highest BCUT2D eigenvalue weighted by atomic mass is 35.5. The van der Waals surface area contributed by atoms with Gasteiger partial charge in [0.25, 0.3) is 0 Å². The number of hydrogen-bond donors (Lipinski definition) is 0. The lowest BCUT2D eigenvalue weighted by Gasteiger charge is -2.24. The van der Waals surface area contributed by atoms with Gasteiger partial charge >= 0.3 is 0 Å². The van der Waals surface area contributed by atoms with Crippen molar-refractivity contribution in [3.8, 4) is 0 Å². The third-order valence-corrected chi connectivity index (χ3v) is 4.16. The first-order valence-electron chi connectivity index (χ1n) is 7.14. The predicted octanol–water partition coefficient (Wildman–Crippen LogP) is 4.04. The van der Waals surface area contributed by atoms with E-state index in [9.17, 15) is 8.78 Å². The molecule has 1 fully saturated rings.